The summed E-state index contributed by atoms with van der Waals surface area (Å²) in [7, 11) is 0. The van der Waals surface area contributed by atoms with Crippen LogP contribution < -0.4 is 5.32 Å². The number of carbonyl (C=O) groups is 1. The van der Waals surface area contributed by atoms with Crippen LogP contribution in [0.2, 0.25) is 0 Å². The van der Waals surface area contributed by atoms with E-state index in [-0.39, 0.29) is 0 Å². The van der Waals surface area contributed by atoms with E-state index < -0.39 is 5.97 Å². The fourth-order valence-electron chi connectivity index (χ4n) is 2.37. The Labute approximate surface area is 98.6 Å². The van der Waals surface area contributed by atoms with Crippen LogP contribution in [-0.4, -0.2) is 24.2 Å². The lowest BCUT2D eigenvalue weighted by Crippen LogP contribution is -2.26. The Kier molecular flexibility index (Phi) is 6.46. The van der Waals surface area contributed by atoms with Gasteiger partial charge in [0.2, 0.25) is 0 Å². The van der Waals surface area contributed by atoms with Crippen LogP contribution in [0, 0.1) is 11.8 Å². The molecule has 0 bridgehead atoms. The standard InChI is InChI=1S/C13H25NO2/c1-11-5-7-12(8-6-11)10-14-9-3-2-4-13(15)16/h11-12,14H,2-10H2,1H3,(H,15,16). The highest BCUT2D eigenvalue weighted by molar-refractivity contribution is 5.66. The van der Waals surface area contributed by atoms with Gasteiger partial charge in [-0.2, -0.15) is 0 Å². The SMILES string of the molecule is CC1CCC(CNCCCCC(=O)O)CC1. The highest BCUT2D eigenvalue weighted by Crippen LogP contribution is 2.27. The minimum Gasteiger partial charge on any atom is -0.481 e. The van der Waals surface area contributed by atoms with Crippen molar-refractivity contribution >= 4 is 5.97 Å². The van der Waals surface area contributed by atoms with Gasteiger partial charge in [0, 0.05) is 6.42 Å². The van der Waals surface area contributed by atoms with E-state index >= 15 is 0 Å². The molecule has 3 heteroatoms. The van der Waals surface area contributed by atoms with Crippen LogP contribution in [0.3, 0.4) is 0 Å². The molecule has 0 aliphatic heterocycles. The predicted octanol–water partition coefficient (Wildman–Crippen LogP) is 2.66. The third-order valence-corrected chi connectivity index (χ3v) is 3.56. The summed E-state index contributed by atoms with van der Waals surface area (Å²) < 4.78 is 0. The number of hydrogen-bond donors (Lipinski definition) is 2. The maximum absolute atomic E-state index is 10.3. The molecule has 0 spiro atoms. The first-order valence-electron chi connectivity index (χ1n) is 6.61. The molecule has 0 aromatic carbocycles. The lowest BCUT2D eigenvalue weighted by Gasteiger charge is -2.26. The molecule has 0 aromatic heterocycles. The van der Waals surface area contributed by atoms with Crippen molar-refractivity contribution in [2.45, 2.75) is 51.9 Å². The second-order valence-corrected chi connectivity index (χ2v) is 5.18. The van der Waals surface area contributed by atoms with E-state index in [0.717, 1.165) is 37.8 Å². The van der Waals surface area contributed by atoms with Gasteiger partial charge in [0.05, 0.1) is 0 Å². The van der Waals surface area contributed by atoms with Gasteiger partial charge >= 0.3 is 5.97 Å². The van der Waals surface area contributed by atoms with Crippen LogP contribution in [0.1, 0.15) is 51.9 Å². The monoisotopic (exact) mass is 227 g/mol. The van der Waals surface area contributed by atoms with Crippen molar-refractivity contribution in [3.05, 3.63) is 0 Å². The Hall–Kier alpha value is -0.570. The van der Waals surface area contributed by atoms with Crippen molar-refractivity contribution in [2.75, 3.05) is 13.1 Å². The van der Waals surface area contributed by atoms with E-state index in [1.54, 1.807) is 0 Å². The molecule has 16 heavy (non-hydrogen) atoms. The zero-order valence-corrected chi connectivity index (χ0v) is 10.4. The normalized spacial score (nSPS) is 25.6. The molecule has 2 N–H and O–H groups in total. The second-order valence-electron chi connectivity index (χ2n) is 5.18. The summed E-state index contributed by atoms with van der Waals surface area (Å²) in [5, 5.41) is 11.9. The average molecular weight is 227 g/mol. The van der Waals surface area contributed by atoms with Gasteiger partial charge in [-0.1, -0.05) is 19.8 Å². The van der Waals surface area contributed by atoms with E-state index in [2.05, 4.69) is 12.2 Å². The Bertz CT molecular complexity index is 198. The number of nitrogens with one attached hydrogen (secondary N) is 1. The molecule has 0 atom stereocenters. The van der Waals surface area contributed by atoms with E-state index in [0.29, 0.717) is 6.42 Å². The molecule has 0 radical (unpaired) electrons. The second kappa shape index (κ2) is 7.66. The molecule has 1 rings (SSSR count). The Morgan fingerprint density at radius 1 is 1.25 bits per heavy atom. The van der Waals surface area contributed by atoms with Crippen LogP contribution in [0.25, 0.3) is 0 Å². The number of unbranched alkanes of at least 4 members (excludes halogenated alkanes) is 1. The highest BCUT2D eigenvalue weighted by atomic mass is 16.4. The Morgan fingerprint density at radius 2 is 1.94 bits per heavy atom. The van der Waals surface area contributed by atoms with Gasteiger partial charge in [0.25, 0.3) is 0 Å². The summed E-state index contributed by atoms with van der Waals surface area (Å²) in [5.41, 5.74) is 0. The molecule has 0 aromatic rings. The number of rotatable bonds is 7. The predicted molar refractivity (Wildman–Crippen MR) is 65.5 cm³/mol. The Balaban J connectivity index is 1.89. The topological polar surface area (TPSA) is 49.3 Å². The maximum atomic E-state index is 10.3. The average Bonchev–Trinajstić information content (AvgIpc) is 2.25. The molecule has 1 fully saturated rings. The number of hydrogen-bond acceptors (Lipinski definition) is 2. The summed E-state index contributed by atoms with van der Waals surface area (Å²) >= 11 is 0. The summed E-state index contributed by atoms with van der Waals surface area (Å²) in [4.78, 5) is 10.3. The molecular weight excluding hydrogens is 202 g/mol. The lowest BCUT2D eigenvalue weighted by atomic mass is 9.83. The summed E-state index contributed by atoms with van der Waals surface area (Å²) in [6.07, 6.45) is 7.57. The minimum absolute atomic E-state index is 0.308. The lowest BCUT2D eigenvalue weighted by molar-refractivity contribution is -0.137. The van der Waals surface area contributed by atoms with E-state index in [1.807, 2.05) is 0 Å². The van der Waals surface area contributed by atoms with E-state index in [1.165, 1.54) is 25.7 Å². The van der Waals surface area contributed by atoms with Gasteiger partial charge in [-0.3, -0.25) is 4.79 Å². The molecular formula is C13H25NO2. The number of carboxylic acids is 1. The smallest absolute Gasteiger partial charge is 0.303 e. The number of carboxylic acid groups (broad SMARTS) is 1. The fourth-order valence-corrected chi connectivity index (χ4v) is 2.37. The molecule has 94 valence electrons. The third kappa shape index (κ3) is 6.11. The van der Waals surface area contributed by atoms with Gasteiger partial charge in [-0.05, 0) is 50.6 Å². The zero-order chi connectivity index (χ0) is 11.8. The Morgan fingerprint density at radius 3 is 2.56 bits per heavy atom. The van der Waals surface area contributed by atoms with Gasteiger partial charge in [0.1, 0.15) is 0 Å². The molecule has 0 heterocycles. The first-order valence-corrected chi connectivity index (χ1v) is 6.61. The van der Waals surface area contributed by atoms with Crippen molar-refractivity contribution in [3.63, 3.8) is 0 Å². The van der Waals surface area contributed by atoms with Crippen molar-refractivity contribution < 1.29 is 9.90 Å². The van der Waals surface area contributed by atoms with Crippen LogP contribution in [-0.2, 0) is 4.79 Å². The molecule has 1 saturated carbocycles. The minimum atomic E-state index is -0.679. The van der Waals surface area contributed by atoms with Crippen LogP contribution in [0.4, 0.5) is 0 Å². The van der Waals surface area contributed by atoms with Gasteiger partial charge in [0.15, 0.2) is 0 Å². The van der Waals surface area contributed by atoms with Crippen molar-refractivity contribution in [1.82, 2.24) is 5.32 Å². The molecule has 0 saturated heterocycles. The molecule has 1 aliphatic rings. The zero-order valence-electron chi connectivity index (χ0n) is 10.4. The highest BCUT2D eigenvalue weighted by Gasteiger charge is 2.17. The number of aliphatic carboxylic acids is 1. The first kappa shape index (κ1) is 13.5. The first-order chi connectivity index (χ1) is 7.68. The van der Waals surface area contributed by atoms with Gasteiger partial charge in [-0.15, -0.1) is 0 Å². The summed E-state index contributed by atoms with van der Waals surface area (Å²) in [5.74, 6) is 1.10. The summed E-state index contributed by atoms with van der Waals surface area (Å²) in [6, 6.07) is 0. The fraction of sp³-hybridized carbons (Fsp3) is 0.923. The quantitative estimate of drug-likeness (QED) is 0.657. The van der Waals surface area contributed by atoms with Gasteiger partial charge in [-0.25, -0.2) is 0 Å². The van der Waals surface area contributed by atoms with Crippen molar-refractivity contribution in [2.24, 2.45) is 11.8 Å². The molecule has 0 amide bonds. The third-order valence-electron chi connectivity index (χ3n) is 3.56. The molecule has 3 nitrogen and oxygen atoms in total. The van der Waals surface area contributed by atoms with Crippen LogP contribution in [0.15, 0.2) is 0 Å². The van der Waals surface area contributed by atoms with Crippen LogP contribution in [0.5, 0.6) is 0 Å². The largest absolute Gasteiger partial charge is 0.481 e. The van der Waals surface area contributed by atoms with Crippen molar-refractivity contribution in [1.29, 1.82) is 0 Å². The van der Waals surface area contributed by atoms with E-state index in [9.17, 15) is 4.79 Å². The molecule has 0 unspecified atom stereocenters. The van der Waals surface area contributed by atoms with E-state index in [4.69, 9.17) is 5.11 Å². The molecule has 1 aliphatic carbocycles. The maximum Gasteiger partial charge on any atom is 0.303 e. The van der Waals surface area contributed by atoms with Crippen molar-refractivity contribution in [3.8, 4) is 0 Å². The summed E-state index contributed by atoms with van der Waals surface area (Å²) in [6.45, 7) is 4.44. The van der Waals surface area contributed by atoms with Gasteiger partial charge < -0.3 is 10.4 Å². The van der Waals surface area contributed by atoms with Crippen LogP contribution >= 0.6 is 0 Å².